The third-order valence-electron chi connectivity index (χ3n) is 3.56. The van der Waals surface area contributed by atoms with E-state index in [1.54, 1.807) is 31.2 Å². The van der Waals surface area contributed by atoms with E-state index >= 15 is 0 Å². The molecule has 0 spiro atoms. The summed E-state index contributed by atoms with van der Waals surface area (Å²) < 4.78 is 0.553. The van der Waals surface area contributed by atoms with E-state index in [0.717, 1.165) is 0 Å². The van der Waals surface area contributed by atoms with Crippen LogP contribution in [0.2, 0.25) is 0 Å². The van der Waals surface area contributed by atoms with Crippen LogP contribution in [0, 0.1) is 6.92 Å². The number of carbonyl (C=O) groups excluding carboxylic acids is 2. The molecule has 0 atom stereocenters. The molecule has 1 aliphatic carbocycles. The molecule has 3 rings (SSSR count). The summed E-state index contributed by atoms with van der Waals surface area (Å²) in [5, 5.41) is 0. The van der Waals surface area contributed by atoms with E-state index in [9.17, 15) is 9.59 Å². The molecular weight excluding hydrogens is 338 g/mol. The zero-order valence-corrected chi connectivity index (χ0v) is 13.0. The molecule has 0 heterocycles. The smallest absolute Gasteiger partial charge is 0.196 e. The van der Waals surface area contributed by atoms with Crippen molar-refractivity contribution in [2.45, 2.75) is 11.8 Å². The van der Waals surface area contributed by atoms with Crippen LogP contribution in [0.1, 0.15) is 37.4 Å². The van der Waals surface area contributed by atoms with Crippen LogP contribution in [-0.4, -0.2) is 11.6 Å². The van der Waals surface area contributed by atoms with E-state index in [4.69, 9.17) is 5.73 Å². The van der Waals surface area contributed by atoms with Crippen LogP contribution in [0.25, 0.3) is 0 Å². The lowest BCUT2D eigenvalue weighted by Gasteiger charge is -2.22. The number of anilines is 1. The van der Waals surface area contributed by atoms with Gasteiger partial charge in [0.1, 0.15) is 0 Å². The quantitative estimate of drug-likeness (QED) is 0.484. The Morgan fingerprint density at radius 2 is 1.55 bits per heavy atom. The Kier molecular flexibility index (Phi) is 2.99. The lowest BCUT2D eigenvalue weighted by atomic mass is 9.81. The first-order chi connectivity index (χ1) is 9.45. The summed E-state index contributed by atoms with van der Waals surface area (Å²) in [6.45, 7) is 1.77. The van der Waals surface area contributed by atoms with Crippen molar-refractivity contribution >= 4 is 45.8 Å². The Bertz CT molecular complexity index is 733. The molecule has 0 bridgehead atoms. The van der Waals surface area contributed by atoms with Crippen LogP contribution in [0.4, 0.5) is 5.69 Å². The lowest BCUT2D eigenvalue weighted by Crippen LogP contribution is -2.24. The van der Waals surface area contributed by atoms with Crippen molar-refractivity contribution in [1.82, 2.24) is 0 Å². The number of hydrogen-bond acceptors (Lipinski definition) is 4. The summed E-state index contributed by atoms with van der Waals surface area (Å²) in [5.74, 6) is -0.396. The van der Waals surface area contributed by atoms with Crippen molar-refractivity contribution in [2.75, 3.05) is 5.73 Å². The van der Waals surface area contributed by atoms with Crippen molar-refractivity contribution < 1.29 is 9.59 Å². The van der Waals surface area contributed by atoms with Crippen LogP contribution in [0.5, 0.6) is 0 Å². The number of carbonyl (C=O) groups is 2. The summed E-state index contributed by atoms with van der Waals surface area (Å²) in [5.41, 5.74) is 8.40. The molecule has 20 heavy (non-hydrogen) atoms. The summed E-state index contributed by atoms with van der Waals surface area (Å²) in [6.07, 6.45) is 0. The molecule has 0 saturated carbocycles. The molecule has 0 aliphatic heterocycles. The number of fused-ring (bicyclic) bond motifs is 2. The Balaban J connectivity index is 2.46. The summed E-state index contributed by atoms with van der Waals surface area (Å²) in [4.78, 5) is 25.8. The normalized spacial score (nSPS) is 13.2. The van der Waals surface area contributed by atoms with Crippen LogP contribution >= 0.6 is 28.6 Å². The third kappa shape index (κ3) is 1.60. The molecule has 2 aromatic rings. The first-order valence-corrected chi connectivity index (χ1v) is 7.18. The summed E-state index contributed by atoms with van der Waals surface area (Å²) in [6, 6.07) is 6.79. The fourth-order valence-corrected chi connectivity index (χ4v) is 3.24. The van der Waals surface area contributed by atoms with E-state index in [1.165, 1.54) is 0 Å². The molecule has 0 amide bonds. The Morgan fingerprint density at radius 3 is 2.10 bits per heavy atom. The minimum absolute atomic E-state index is 0.179. The van der Waals surface area contributed by atoms with Gasteiger partial charge in [-0.1, -0.05) is 24.3 Å². The highest BCUT2D eigenvalue weighted by molar-refractivity contribution is 9.10. The highest BCUT2D eigenvalue weighted by Crippen LogP contribution is 2.40. The van der Waals surface area contributed by atoms with E-state index in [0.29, 0.717) is 31.6 Å². The predicted molar refractivity (Wildman–Crippen MR) is 83.9 cm³/mol. The zero-order chi connectivity index (χ0) is 14.6. The number of halogens is 1. The number of nitrogen functional groups attached to an aromatic ring is 1. The van der Waals surface area contributed by atoms with Gasteiger partial charge in [-0.2, -0.15) is 0 Å². The van der Waals surface area contributed by atoms with E-state index in [1.807, 2.05) is 0 Å². The van der Waals surface area contributed by atoms with Crippen molar-refractivity contribution in [3.8, 4) is 0 Å². The average molecular weight is 348 g/mol. The Hall–Kier alpha value is -1.59. The van der Waals surface area contributed by atoms with Gasteiger partial charge in [-0.05, 0) is 28.4 Å². The molecule has 2 N–H and O–H groups in total. The maximum Gasteiger partial charge on any atom is 0.196 e. The van der Waals surface area contributed by atoms with Gasteiger partial charge in [-0.3, -0.25) is 9.59 Å². The molecule has 3 nitrogen and oxygen atoms in total. The van der Waals surface area contributed by atoms with Crippen LogP contribution < -0.4 is 5.73 Å². The van der Waals surface area contributed by atoms with Crippen molar-refractivity contribution in [1.29, 1.82) is 0 Å². The summed E-state index contributed by atoms with van der Waals surface area (Å²) in [7, 11) is 0. The van der Waals surface area contributed by atoms with Crippen molar-refractivity contribution in [2.24, 2.45) is 0 Å². The second-order valence-electron chi connectivity index (χ2n) is 4.66. The number of hydrogen-bond donors (Lipinski definition) is 2. The Labute approximate surface area is 129 Å². The minimum Gasteiger partial charge on any atom is -0.397 e. The standard InChI is InChI=1S/C15H10BrNO2S/c1-6-9-10(12(17)11(16)15(6)20)14(19)8-5-3-2-4-7(8)13(9)18/h2-5,20H,17H2,1H3. The monoisotopic (exact) mass is 347 g/mol. The summed E-state index contributed by atoms with van der Waals surface area (Å²) >= 11 is 7.70. The topological polar surface area (TPSA) is 60.2 Å². The second kappa shape index (κ2) is 4.46. The molecule has 100 valence electrons. The van der Waals surface area contributed by atoms with Gasteiger partial charge in [0.05, 0.1) is 15.7 Å². The van der Waals surface area contributed by atoms with Gasteiger partial charge in [-0.15, -0.1) is 12.6 Å². The highest BCUT2D eigenvalue weighted by Gasteiger charge is 2.34. The molecule has 5 heteroatoms. The predicted octanol–water partition coefficient (Wildman–Crippen LogP) is 3.40. The second-order valence-corrected chi connectivity index (χ2v) is 5.90. The lowest BCUT2D eigenvalue weighted by molar-refractivity contribution is 0.0979. The van der Waals surface area contributed by atoms with Gasteiger partial charge in [0, 0.05) is 21.6 Å². The Morgan fingerprint density at radius 1 is 1.05 bits per heavy atom. The first-order valence-electron chi connectivity index (χ1n) is 5.94. The number of nitrogens with two attached hydrogens (primary N) is 1. The van der Waals surface area contributed by atoms with Crippen LogP contribution in [0.15, 0.2) is 33.6 Å². The molecule has 0 fully saturated rings. The highest BCUT2D eigenvalue weighted by atomic mass is 79.9. The third-order valence-corrected chi connectivity index (χ3v) is 5.25. The zero-order valence-electron chi connectivity index (χ0n) is 10.5. The van der Waals surface area contributed by atoms with Gasteiger partial charge in [0.2, 0.25) is 0 Å². The van der Waals surface area contributed by atoms with Crippen LogP contribution in [-0.2, 0) is 0 Å². The van der Waals surface area contributed by atoms with Gasteiger partial charge < -0.3 is 5.73 Å². The first kappa shape index (κ1) is 13.4. The van der Waals surface area contributed by atoms with Gasteiger partial charge in [0.15, 0.2) is 11.6 Å². The van der Waals surface area contributed by atoms with Gasteiger partial charge in [0.25, 0.3) is 0 Å². The molecule has 0 saturated heterocycles. The van der Waals surface area contributed by atoms with Crippen molar-refractivity contribution in [3.63, 3.8) is 0 Å². The molecule has 0 radical (unpaired) electrons. The fraction of sp³-hybridized carbons (Fsp3) is 0.0667. The van der Waals surface area contributed by atoms with Crippen molar-refractivity contribution in [3.05, 3.63) is 56.6 Å². The van der Waals surface area contributed by atoms with E-state index in [2.05, 4.69) is 28.6 Å². The SMILES string of the molecule is Cc1c(S)c(Br)c(N)c2c1C(=O)c1ccccc1C2=O. The number of ketones is 2. The van der Waals surface area contributed by atoms with Crippen LogP contribution in [0.3, 0.4) is 0 Å². The molecular formula is C15H10BrNO2S. The minimum atomic E-state index is -0.218. The number of rotatable bonds is 0. The number of thiol groups is 1. The average Bonchev–Trinajstić information content (AvgIpc) is 2.46. The number of benzene rings is 2. The maximum atomic E-state index is 12.6. The molecule has 1 aliphatic rings. The van der Waals surface area contributed by atoms with Gasteiger partial charge >= 0.3 is 0 Å². The molecule has 0 aromatic heterocycles. The van der Waals surface area contributed by atoms with Gasteiger partial charge in [-0.25, -0.2) is 0 Å². The largest absolute Gasteiger partial charge is 0.397 e. The van der Waals surface area contributed by atoms with E-state index < -0.39 is 0 Å². The van der Waals surface area contributed by atoms with E-state index in [-0.39, 0.29) is 22.8 Å². The maximum absolute atomic E-state index is 12.6. The molecule has 0 unspecified atom stereocenters. The molecule has 2 aromatic carbocycles. The fourth-order valence-electron chi connectivity index (χ4n) is 2.51.